The van der Waals surface area contributed by atoms with Gasteiger partial charge in [0.1, 0.15) is 12.1 Å². The Morgan fingerprint density at radius 1 is 1.47 bits per heavy atom. The van der Waals surface area contributed by atoms with E-state index in [9.17, 15) is 9.18 Å². The standard InChI is InChI=1S/C11H8FNOS/c1-7-13-11(6-15-7)9-4-8(5-14)2-3-10(9)12/h2-6H,1H3. The van der Waals surface area contributed by atoms with Crippen LogP contribution in [-0.2, 0) is 0 Å². The third-order valence-electron chi connectivity index (χ3n) is 2.02. The minimum absolute atomic E-state index is 0.356. The van der Waals surface area contributed by atoms with Crippen molar-refractivity contribution >= 4 is 17.6 Å². The van der Waals surface area contributed by atoms with Crippen molar-refractivity contribution in [2.24, 2.45) is 0 Å². The van der Waals surface area contributed by atoms with E-state index in [1.165, 1.54) is 29.5 Å². The molecule has 1 aromatic carbocycles. The first-order chi connectivity index (χ1) is 7.20. The number of rotatable bonds is 2. The smallest absolute Gasteiger partial charge is 0.150 e. The maximum Gasteiger partial charge on any atom is 0.150 e. The molecule has 1 aromatic heterocycles. The topological polar surface area (TPSA) is 30.0 Å². The Morgan fingerprint density at radius 2 is 2.27 bits per heavy atom. The molecule has 2 rings (SSSR count). The van der Waals surface area contributed by atoms with Crippen molar-refractivity contribution in [2.45, 2.75) is 6.92 Å². The van der Waals surface area contributed by atoms with Gasteiger partial charge >= 0.3 is 0 Å². The van der Waals surface area contributed by atoms with E-state index in [1.54, 1.807) is 5.38 Å². The van der Waals surface area contributed by atoms with Crippen LogP contribution in [0.5, 0.6) is 0 Å². The lowest BCUT2D eigenvalue weighted by Crippen LogP contribution is -1.88. The lowest BCUT2D eigenvalue weighted by atomic mass is 10.1. The summed E-state index contributed by atoms with van der Waals surface area (Å²) in [6.45, 7) is 1.86. The largest absolute Gasteiger partial charge is 0.298 e. The number of thiazole rings is 1. The van der Waals surface area contributed by atoms with E-state index in [0.717, 1.165) is 5.01 Å². The van der Waals surface area contributed by atoms with E-state index in [4.69, 9.17) is 0 Å². The van der Waals surface area contributed by atoms with Crippen LogP contribution in [0.2, 0.25) is 0 Å². The van der Waals surface area contributed by atoms with Gasteiger partial charge in [0.25, 0.3) is 0 Å². The molecule has 0 saturated heterocycles. The van der Waals surface area contributed by atoms with Crippen molar-refractivity contribution in [1.29, 1.82) is 0 Å². The van der Waals surface area contributed by atoms with Gasteiger partial charge in [-0.1, -0.05) is 0 Å². The van der Waals surface area contributed by atoms with Crippen LogP contribution in [-0.4, -0.2) is 11.3 Å². The first-order valence-electron chi connectivity index (χ1n) is 4.38. The lowest BCUT2D eigenvalue weighted by Gasteiger charge is -1.99. The normalized spacial score (nSPS) is 10.3. The van der Waals surface area contributed by atoms with Crippen molar-refractivity contribution in [3.63, 3.8) is 0 Å². The zero-order chi connectivity index (χ0) is 10.8. The molecule has 0 aliphatic carbocycles. The Balaban J connectivity index is 2.55. The van der Waals surface area contributed by atoms with Gasteiger partial charge in [0.2, 0.25) is 0 Å². The Morgan fingerprint density at radius 3 is 2.87 bits per heavy atom. The SMILES string of the molecule is Cc1nc(-c2cc(C=O)ccc2F)cs1. The summed E-state index contributed by atoms with van der Waals surface area (Å²) >= 11 is 1.46. The van der Waals surface area contributed by atoms with Gasteiger partial charge in [-0.2, -0.15) is 0 Å². The van der Waals surface area contributed by atoms with Crippen LogP contribution in [0.25, 0.3) is 11.3 Å². The highest BCUT2D eigenvalue weighted by atomic mass is 32.1. The van der Waals surface area contributed by atoms with E-state index < -0.39 is 0 Å². The quantitative estimate of drug-likeness (QED) is 0.729. The molecule has 0 bridgehead atoms. The van der Waals surface area contributed by atoms with Gasteiger partial charge in [0, 0.05) is 16.5 Å². The van der Waals surface area contributed by atoms with Crippen molar-refractivity contribution in [3.8, 4) is 11.3 Å². The molecule has 0 aliphatic rings. The fraction of sp³-hybridized carbons (Fsp3) is 0.0909. The summed E-state index contributed by atoms with van der Waals surface area (Å²) in [6.07, 6.45) is 0.697. The van der Waals surface area contributed by atoms with E-state index >= 15 is 0 Å². The summed E-state index contributed by atoms with van der Waals surface area (Å²) in [5.41, 5.74) is 1.42. The molecule has 0 saturated carbocycles. The van der Waals surface area contributed by atoms with Gasteiger partial charge in [-0.3, -0.25) is 4.79 Å². The third kappa shape index (κ3) is 1.94. The van der Waals surface area contributed by atoms with E-state index in [-0.39, 0.29) is 5.82 Å². The number of carbonyl (C=O) groups excluding carboxylic acids is 1. The van der Waals surface area contributed by atoms with Gasteiger partial charge < -0.3 is 0 Å². The molecule has 2 nitrogen and oxygen atoms in total. The van der Waals surface area contributed by atoms with Crippen molar-refractivity contribution in [1.82, 2.24) is 4.98 Å². The molecule has 15 heavy (non-hydrogen) atoms. The summed E-state index contributed by atoms with van der Waals surface area (Å²) in [7, 11) is 0. The van der Waals surface area contributed by atoms with Crippen LogP contribution in [0.1, 0.15) is 15.4 Å². The van der Waals surface area contributed by atoms with E-state index in [1.807, 2.05) is 6.92 Å². The van der Waals surface area contributed by atoms with Crippen molar-refractivity contribution in [3.05, 3.63) is 40.0 Å². The third-order valence-corrected chi connectivity index (χ3v) is 2.79. The monoisotopic (exact) mass is 221 g/mol. The second kappa shape index (κ2) is 3.90. The molecule has 0 radical (unpaired) electrons. The fourth-order valence-electron chi connectivity index (χ4n) is 1.30. The average Bonchev–Trinajstić information content (AvgIpc) is 2.65. The number of hydrogen-bond acceptors (Lipinski definition) is 3. The summed E-state index contributed by atoms with van der Waals surface area (Å²) in [6, 6.07) is 4.25. The second-order valence-corrected chi connectivity index (χ2v) is 4.17. The highest BCUT2D eigenvalue weighted by molar-refractivity contribution is 7.09. The number of aldehydes is 1. The van der Waals surface area contributed by atoms with Crippen molar-refractivity contribution in [2.75, 3.05) is 0 Å². The van der Waals surface area contributed by atoms with Gasteiger partial charge in [0.05, 0.1) is 10.7 Å². The molecule has 0 atom stereocenters. The molecule has 0 fully saturated rings. The van der Waals surface area contributed by atoms with E-state index in [2.05, 4.69) is 4.98 Å². The molecule has 0 spiro atoms. The lowest BCUT2D eigenvalue weighted by molar-refractivity contribution is 0.112. The molecule has 2 aromatic rings. The molecule has 0 unspecified atom stereocenters. The summed E-state index contributed by atoms with van der Waals surface area (Å²) in [4.78, 5) is 14.7. The van der Waals surface area contributed by atoms with E-state index in [0.29, 0.717) is 23.1 Å². The Bertz CT molecular complexity index is 507. The van der Waals surface area contributed by atoms with Crippen LogP contribution in [0.15, 0.2) is 23.6 Å². The van der Waals surface area contributed by atoms with Gasteiger partial charge in [-0.25, -0.2) is 9.37 Å². The number of carbonyl (C=O) groups is 1. The van der Waals surface area contributed by atoms with Gasteiger partial charge in [-0.05, 0) is 25.1 Å². The second-order valence-electron chi connectivity index (χ2n) is 3.11. The van der Waals surface area contributed by atoms with Crippen LogP contribution in [0, 0.1) is 12.7 Å². The fourth-order valence-corrected chi connectivity index (χ4v) is 1.91. The molecular weight excluding hydrogens is 213 g/mol. The average molecular weight is 221 g/mol. The summed E-state index contributed by atoms with van der Waals surface area (Å²) in [5.74, 6) is -0.356. The molecule has 0 amide bonds. The Hall–Kier alpha value is -1.55. The number of hydrogen-bond donors (Lipinski definition) is 0. The minimum Gasteiger partial charge on any atom is -0.298 e. The molecule has 0 N–H and O–H groups in total. The number of aryl methyl sites for hydroxylation is 1. The first-order valence-corrected chi connectivity index (χ1v) is 5.26. The predicted molar refractivity (Wildman–Crippen MR) is 57.6 cm³/mol. The zero-order valence-electron chi connectivity index (χ0n) is 8.03. The maximum atomic E-state index is 13.4. The predicted octanol–water partition coefficient (Wildman–Crippen LogP) is 3.07. The summed E-state index contributed by atoms with van der Waals surface area (Å²) in [5, 5.41) is 2.66. The van der Waals surface area contributed by atoms with Crippen molar-refractivity contribution < 1.29 is 9.18 Å². The Labute approximate surface area is 90.4 Å². The molecular formula is C11H8FNOS. The van der Waals surface area contributed by atoms with Gasteiger partial charge in [-0.15, -0.1) is 11.3 Å². The number of nitrogens with zero attached hydrogens (tertiary/aromatic N) is 1. The molecule has 76 valence electrons. The van der Waals surface area contributed by atoms with Crippen LogP contribution in [0.3, 0.4) is 0 Å². The number of benzene rings is 1. The highest BCUT2D eigenvalue weighted by Gasteiger charge is 2.08. The summed E-state index contributed by atoms with van der Waals surface area (Å²) < 4.78 is 13.4. The van der Waals surface area contributed by atoms with Crippen LogP contribution < -0.4 is 0 Å². The van der Waals surface area contributed by atoms with Crippen LogP contribution >= 0.6 is 11.3 Å². The molecule has 0 aliphatic heterocycles. The molecule has 4 heteroatoms. The minimum atomic E-state index is -0.356. The number of halogens is 1. The highest BCUT2D eigenvalue weighted by Crippen LogP contribution is 2.24. The Kier molecular flexibility index (Phi) is 2.60. The first kappa shape index (κ1) is 9.98. The zero-order valence-corrected chi connectivity index (χ0v) is 8.84. The number of aromatic nitrogens is 1. The maximum absolute atomic E-state index is 13.4. The molecule has 1 heterocycles. The van der Waals surface area contributed by atoms with Gasteiger partial charge in [0.15, 0.2) is 0 Å². The van der Waals surface area contributed by atoms with Crippen LogP contribution in [0.4, 0.5) is 4.39 Å².